The van der Waals surface area contributed by atoms with E-state index in [4.69, 9.17) is 16.7 Å². The molecule has 26 heavy (non-hydrogen) atoms. The lowest BCUT2D eigenvalue weighted by Crippen LogP contribution is -2.29. The van der Waals surface area contributed by atoms with Gasteiger partial charge in [-0.05, 0) is 23.1 Å². The molecule has 2 N–H and O–H groups in total. The molecule has 3 aromatic rings. The Morgan fingerprint density at radius 3 is 2.50 bits per heavy atom. The van der Waals surface area contributed by atoms with Crippen molar-refractivity contribution in [2.24, 2.45) is 0 Å². The number of nitrogens with zero attached hydrogens (tertiary/aromatic N) is 1. The summed E-state index contributed by atoms with van der Waals surface area (Å²) in [6.45, 7) is 0.394. The minimum atomic E-state index is -1.06. The van der Waals surface area contributed by atoms with Crippen LogP contribution in [0.2, 0.25) is 0 Å². The van der Waals surface area contributed by atoms with Gasteiger partial charge in [0.15, 0.2) is 0 Å². The van der Waals surface area contributed by atoms with Gasteiger partial charge in [0.25, 0.3) is 5.91 Å². The second-order valence-electron chi connectivity index (χ2n) is 6.11. The molecule has 0 aliphatic carbocycles. The number of carbonyl (C=O) groups is 2. The van der Waals surface area contributed by atoms with E-state index in [0.717, 1.165) is 27.7 Å². The molecule has 1 aliphatic rings. The highest BCUT2D eigenvalue weighted by Crippen LogP contribution is 2.45. The maximum absolute atomic E-state index is 13.0. The fraction of sp³-hybridized carbons (Fsp3) is 0.158. The minimum absolute atomic E-state index is 0.0555. The fourth-order valence-corrected chi connectivity index (χ4v) is 4.49. The summed E-state index contributed by atoms with van der Waals surface area (Å²) in [6, 6.07) is 12.0. The molecular weight excluding hydrogens is 374 g/mol. The number of halogens is 1. The zero-order chi connectivity index (χ0) is 18.4. The smallest absolute Gasteiger partial charge is 0.345 e. The molecule has 1 aliphatic heterocycles. The van der Waals surface area contributed by atoms with E-state index in [9.17, 15) is 14.7 Å². The number of benzene rings is 2. The van der Waals surface area contributed by atoms with Gasteiger partial charge in [0, 0.05) is 29.8 Å². The number of rotatable bonds is 3. The lowest BCUT2D eigenvalue weighted by molar-refractivity contribution is 0.0702. The first kappa shape index (κ1) is 16.9. The number of carbonyl (C=O) groups excluding carboxylic acids is 1. The molecular formula is C19H14ClNO4S. The van der Waals surface area contributed by atoms with Gasteiger partial charge in [0.05, 0.1) is 10.6 Å². The second kappa shape index (κ2) is 6.30. The number of carboxylic acid groups (broad SMARTS) is 1. The van der Waals surface area contributed by atoms with Crippen molar-refractivity contribution in [1.82, 2.24) is 0 Å². The Morgan fingerprint density at radius 1 is 1.15 bits per heavy atom. The molecule has 2 aromatic carbocycles. The summed E-state index contributed by atoms with van der Waals surface area (Å²) in [7, 11) is 0. The van der Waals surface area contributed by atoms with Crippen molar-refractivity contribution >= 4 is 51.3 Å². The zero-order valence-electron chi connectivity index (χ0n) is 13.5. The molecule has 0 radical (unpaired) electrons. The van der Waals surface area contributed by atoms with E-state index in [1.807, 2.05) is 24.3 Å². The summed E-state index contributed by atoms with van der Waals surface area (Å²) in [5.41, 5.74) is 1.57. The highest BCUT2D eigenvalue weighted by atomic mass is 35.5. The largest absolute Gasteiger partial charge is 0.507 e. The van der Waals surface area contributed by atoms with Gasteiger partial charge in [0.2, 0.25) is 0 Å². The van der Waals surface area contributed by atoms with E-state index in [2.05, 4.69) is 0 Å². The van der Waals surface area contributed by atoms with Gasteiger partial charge in [0.1, 0.15) is 10.6 Å². The van der Waals surface area contributed by atoms with Crippen molar-refractivity contribution in [2.75, 3.05) is 17.3 Å². The Hall–Kier alpha value is -2.57. The van der Waals surface area contributed by atoms with Crippen molar-refractivity contribution in [3.63, 3.8) is 0 Å². The molecule has 1 aromatic heterocycles. The third kappa shape index (κ3) is 2.53. The van der Waals surface area contributed by atoms with Gasteiger partial charge in [-0.3, -0.25) is 4.79 Å². The summed E-state index contributed by atoms with van der Waals surface area (Å²) < 4.78 is 0. The van der Waals surface area contributed by atoms with Gasteiger partial charge in [-0.2, -0.15) is 0 Å². The van der Waals surface area contributed by atoms with E-state index in [0.29, 0.717) is 23.0 Å². The third-order valence-corrected chi connectivity index (χ3v) is 6.04. The Kier molecular flexibility index (Phi) is 4.09. The molecule has 132 valence electrons. The molecule has 1 unspecified atom stereocenters. The first-order valence-corrected chi connectivity index (χ1v) is 9.32. The number of hydrogen-bond donors (Lipinski definition) is 2. The molecule has 5 nitrogen and oxygen atoms in total. The number of anilines is 1. The SMILES string of the molecule is O=C(O)c1ccc(C(=O)N2CC(CCl)c3c2cc(O)c2ccccc32)s1. The standard InChI is InChI=1S/C19H14ClNO4S/c20-8-10-9-21(18(23)15-5-6-16(26-15)19(24)25)13-7-14(22)11-3-1-2-4-12(11)17(10)13/h1-7,10,22H,8-9H2,(H,24,25). The van der Waals surface area contributed by atoms with E-state index in [-0.39, 0.29) is 22.5 Å². The molecule has 1 atom stereocenters. The highest BCUT2D eigenvalue weighted by molar-refractivity contribution is 7.16. The van der Waals surface area contributed by atoms with E-state index >= 15 is 0 Å². The van der Waals surface area contributed by atoms with Crippen LogP contribution in [0, 0.1) is 0 Å². The normalized spacial score (nSPS) is 16.0. The van der Waals surface area contributed by atoms with Crippen molar-refractivity contribution in [3.05, 3.63) is 57.8 Å². The third-order valence-electron chi connectivity index (χ3n) is 4.60. The average molecular weight is 388 g/mol. The van der Waals surface area contributed by atoms with Crippen LogP contribution in [-0.2, 0) is 0 Å². The molecule has 7 heteroatoms. The first-order valence-electron chi connectivity index (χ1n) is 7.96. The summed E-state index contributed by atoms with van der Waals surface area (Å²) in [5, 5.41) is 21.1. The predicted octanol–water partition coefficient (Wildman–Crippen LogP) is 4.29. The van der Waals surface area contributed by atoms with E-state index < -0.39 is 5.97 Å². The summed E-state index contributed by atoms with van der Waals surface area (Å²) >= 11 is 7.10. The number of hydrogen-bond acceptors (Lipinski definition) is 4. The molecule has 0 saturated heterocycles. The van der Waals surface area contributed by atoms with Crippen LogP contribution in [0.4, 0.5) is 5.69 Å². The molecule has 0 saturated carbocycles. The van der Waals surface area contributed by atoms with Crippen LogP contribution in [0.1, 0.15) is 30.8 Å². The maximum Gasteiger partial charge on any atom is 0.345 e. The molecule has 0 bridgehead atoms. The van der Waals surface area contributed by atoms with Gasteiger partial charge < -0.3 is 15.1 Å². The van der Waals surface area contributed by atoms with E-state index in [1.54, 1.807) is 11.0 Å². The summed E-state index contributed by atoms with van der Waals surface area (Å²) in [4.78, 5) is 26.1. The second-order valence-corrected chi connectivity index (χ2v) is 7.50. The molecule has 0 spiro atoms. The Bertz CT molecular complexity index is 1050. The van der Waals surface area contributed by atoms with Crippen molar-refractivity contribution in [1.29, 1.82) is 0 Å². The number of fused-ring (bicyclic) bond motifs is 3. The quantitative estimate of drug-likeness (QED) is 0.657. The Morgan fingerprint density at radius 2 is 1.85 bits per heavy atom. The van der Waals surface area contributed by atoms with E-state index in [1.165, 1.54) is 12.1 Å². The van der Waals surface area contributed by atoms with Crippen LogP contribution >= 0.6 is 22.9 Å². The number of phenolic OH excluding ortho intramolecular Hbond substituents is 1. The molecule has 2 heterocycles. The zero-order valence-corrected chi connectivity index (χ0v) is 15.0. The van der Waals surface area contributed by atoms with Crippen molar-refractivity contribution in [3.8, 4) is 5.75 Å². The first-order chi connectivity index (χ1) is 12.5. The number of thiophene rings is 1. The molecule has 1 amide bonds. The Balaban J connectivity index is 1.84. The van der Waals surface area contributed by atoms with Crippen LogP contribution < -0.4 is 4.90 Å². The minimum Gasteiger partial charge on any atom is -0.507 e. The summed E-state index contributed by atoms with van der Waals surface area (Å²) in [5.74, 6) is -0.954. The van der Waals surface area contributed by atoms with Crippen LogP contribution in [-0.4, -0.2) is 34.5 Å². The highest BCUT2D eigenvalue weighted by Gasteiger charge is 2.35. The topological polar surface area (TPSA) is 77.8 Å². The van der Waals surface area contributed by atoms with Crippen molar-refractivity contribution < 1.29 is 19.8 Å². The van der Waals surface area contributed by atoms with Crippen LogP contribution in [0.25, 0.3) is 10.8 Å². The van der Waals surface area contributed by atoms with Gasteiger partial charge >= 0.3 is 5.97 Å². The van der Waals surface area contributed by atoms with Gasteiger partial charge in [-0.1, -0.05) is 24.3 Å². The molecule has 0 fully saturated rings. The van der Waals surface area contributed by atoms with Gasteiger partial charge in [-0.25, -0.2) is 4.79 Å². The number of aromatic carboxylic acids is 1. The monoisotopic (exact) mass is 387 g/mol. The van der Waals surface area contributed by atoms with Crippen LogP contribution in [0.15, 0.2) is 42.5 Å². The number of aromatic hydroxyl groups is 1. The number of phenols is 1. The fourth-order valence-electron chi connectivity index (χ4n) is 3.45. The number of carboxylic acids is 1. The number of alkyl halides is 1. The predicted molar refractivity (Wildman–Crippen MR) is 102 cm³/mol. The number of amides is 1. The van der Waals surface area contributed by atoms with Crippen molar-refractivity contribution in [2.45, 2.75) is 5.92 Å². The van der Waals surface area contributed by atoms with Crippen LogP contribution in [0.3, 0.4) is 0 Å². The summed E-state index contributed by atoms with van der Waals surface area (Å²) in [6.07, 6.45) is 0. The molecule has 4 rings (SSSR count). The van der Waals surface area contributed by atoms with Crippen LogP contribution in [0.5, 0.6) is 5.75 Å². The lowest BCUT2D eigenvalue weighted by atomic mass is 9.95. The van der Waals surface area contributed by atoms with Gasteiger partial charge in [-0.15, -0.1) is 22.9 Å². The Labute approximate surface area is 158 Å². The average Bonchev–Trinajstić information content (AvgIpc) is 3.26. The maximum atomic E-state index is 13.0. The lowest BCUT2D eigenvalue weighted by Gasteiger charge is -2.17.